The van der Waals surface area contributed by atoms with Gasteiger partial charge in [-0.15, -0.1) is 0 Å². The van der Waals surface area contributed by atoms with E-state index in [-0.39, 0.29) is 11.9 Å². The van der Waals surface area contributed by atoms with Gasteiger partial charge in [-0.05, 0) is 57.6 Å². The van der Waals surface area contributed by atoms with Crippen molar-refractivity contribution in [3.63, 3.8) is 0 Å². The first kappa shape index (κ1) is 14.3. The van der Waals surface area contributed by atoms with Crippen molar-refractivity contribution in [1.82, 2.24) is 4.90 Å². The van der Waals surface area contributed by atoms with Crippen molar-refractivity contribution in [1.29, 1.82) is 0 Å². The van der Waals surface area contributed by atoms with Crippen LogP contribution in [0, 0.1) is 5.82 Å². The number of likely N-dealkylation sites (tertiary alicyclic amines) is 1. The third kappa shape index (κ3) is 3.25. The SMILES string of the molecule is C[C@H](N)c1ccc(N(C)C2CCN(C)CC2)c(F)c1. The molecule has 1 saturated heterocycles. The van der Waals surface area contributed by atoms with E-state index in [0.29, 0.717) is 11.7 Å². The number of piperidine rings is 1. The van der Waals surface area contributed by atoms with E-state index in [1.165, 1.54) is 0 Å². The van der Waals surface area contributed by atoms with E-state index in [1.54, 1.807) is 6.07 Å². The maximum Gasteiger partial charge on any atom is 0.146 e. The van der Waals surface area contributed by atoms with Crippen molar-refractivity contribution in [2.45, 2.75) is 31.8 Å². The first-order valence-electron chi connectivity index (χ1n) is 6.95. The molecule has 1 atom stereocenters. The quantitative estimate of drug-likeness (QED) is 0.910. The zero-order valence-corrected chi connectivity index (χ0v) is 12.1. The molecule has 0 radical (unpaired) electrons. The summed E-state index contributed by atoms with van der Waals surface area (Å²) in [7, 11) is 4.12. The van der Waals surface area contributed by atoms with E-state index in [2.05, 4.69) is 16.8 Å². The highest BCUT2D eigenvalue weighted by Gasteiger charge is 2.22. The molecule has 1 fully saturated rings. The van der Waals surface area contributed by atoms with Gasteiger partial charge in [-0.3, -0.25) is 0 Å². The maximum atomic E-state index is 14.2. The molecular weight excluding hydrogens is 241 g/mol. The summed E-state index contributed by atoms with van der Waals surface area (Å²) >= 11 is 0. The number of hydrogen-bond donors (Lipinski definition) is 1. The molecule has 19 heavy (non-hydrogen) atoms. The highest BCUT2D eigenvalue weighted by molar-refractivity contribution is 5.50. The van der Waals surface area contributed by atoms with Crippen LogP contribution in [0.4, 0.5) is 10.1 Å². The van der Waals surface area contributed by atoms with E-state index in [4.69, 9.17) is 5.73 Å². The molecule has 0 bridgehead atoms. The minimum atomic E-state index is -0.170. The van der Waals surface area contributed by atoms with Gasteiger partial charge in [0.15, 0.2) is 0 Å². The predicted molar refractivity (Wildman–Crippen MR) is 77.9 cm³/mol. The van der Waals surface area contributed by atoms with E-state index in [1.807, 2.05) is 26.1 Å². The van der Waals surface area contributed by atoms with Gasteiger partial charge in [-0.1, -0.05) is 6.07 Å². The molecule has 0 spiro atoms. The van der Waals surface area contributed by atoms with Crippen molar-refractivity contribution in [3.8, 4) is 0 Å². The van der Waals surface area contributed by atoms with Gasteiger partial charge in [-0.2, -0.15) is 0 Å². The molecule has 1 aromatic rings. The minimum Gasteiger partial charge on any atom is -0.369 e. The molecule has 0 aromatic heterocycles. The minimum absolute atomic E-state index is 0.128. The molecule has 0 unspecified atom stereocenters. The van der Waals surface area contributed by atoms with Gasteiger partial charge in [0.05, 0.1) is 5.69 Å². The normalized spacial score (nSPS) is 19.4. The fourth-order valence-corrected chi connectivity index (χ4v) is 2.67. The van der Waals surface area contributed by atoms with Crippen molar-refractivity contribution in [2.24, 2.45) is 5.73 Å². The number of benzene rings is 1. The number of anilines is 1. The molecule has 2 rings (SSSR count). The molecule has 2 N–H and O–H groups in total. The summed E-state index contributed by atoms with van der Waals surface area (Å²) in [5.41, 5.74) is 7.31. The fraction of sp³-hybridized carbons (Fsp3) is 0.600. The zero-order valence-electron chi connectivity index (χ0n) is 12.1. The number of halogens is 1. The van der Waals surface area contributed by atoms with Gasteiger partial charge >= 0.3 is 0 Å². The van der Waals surface area contributed by atoms with Crippen molar-refractivity contribution in [3.05, 3.63) is 29.6 Å². The monoisotopic (exact) mass is 265 g/mol. The van der Waals surface area contributed by atoms with Crippen LogP contribution in [0.2, 0.25) is 0 Å². The summed E-state index contributed by atoms with van der Waals surface area (Å²) < 4.78 is 14.2. The molecule has 1 aromatic carbocycles. The van der Waals surface area contributed by atoms with Gasteiger partial charge < -0.3 is 15.5 Å². The van der Waals surface area contributed by atoms with Crippen LogP contribution < -0.4 is 10.6 Å². The maximum absolute atomic E-state index is 14.2. The average Bonchev–Trinajstić information content (AvgIpc) is 2.38. The summed E-state index contributed by atoms with van der Waals surface area (Å²) in [4.78, 5) is 4.40. The fourth-order valence-electron chi connectivity index (χ4n) is 2.67. The number of nitrogens with two attached hydrogens (primary N) is 1. The second-order valence-electron chi connectivity index (χ2n) is 5.64. The Morgan fingerprint density at radius 1 is 1.37 bits per heavy atom. The van der Waals surface area contributed by atoms with Crippen molar-refractivity contribution in [2.75, 3.05) is 32.1 Å². The number of nitrogens with zero attached hydrogens (tertiary/aromatic N) is 2. The largest absolute Gasteiger partial charge is 0.369 e. The van der Waals surface area contributed by atoms with Crippen LogP contribution in [-0.2, 0) is 0 Å². The van der Waals surface area contributed by atoms with E-state index in [9.17, 15) is 4.39 Å². The Bertz CT molecular complexity index is 425. The van der Waals surface area contributed by atoms with Gasteiger partial charge in [0, 0.05) is 19.1 Å². The van der Waals surface area contributed by atoms with Crippen LogP contribution in [0.3, 0.4) is 0 Å². The van der Waals surface area contributed by atoms with E-state index >= 15 is 0 Å². The molecule has 1 heterocycles. The van der Waals surface area contributed by atoms with Crippen LogP contribution in [0.25, 0.3) is 0 Å². The predicted octanol–water partition coefficient (Wildman–Crippen LogP) is 2.38. The van der Waals surface area contributed by atoms with Gasteiger partial charge in [0.1, 0.15) is 5.82 Å². The van der Waals surface area contributed by atoms with E-state index < -0.39 is 0 Å². The standard InChI is InChI=1S/C15H24FN3/c1-11(17)12-4-5-15(14(16)10-12)19(3)13-6-8-18(2)9-7-13/h4-5,10-11,13H,6-9,17H2,1-3H3/t11-/m0/s1. The summed E-state index contributed by atoms with van der Waals surface area (Å²) in [5, 5.41) is 0. The van der Waals surface area contributed by atoms with Crippen molar-refractivity contribution >= 4 is 5.69 Å². The highest BCUT2D eigenvalue weighted by atomic mass is 19.1. The summed E-state index contributed by atoms with van der Waals surface area (Å²) in [6, 6.07) is 5.64. The van der Waals surface area contributed by atoms with Gasteiger partial charge in [0.2, 0.25) is 0 Å². The second kappa shape index (κ2) is 5.88. The van der Waals surface area contributed by atoms with Crippen LogP contribution in [0.1, 0.15) is 31.4 Å². The molecule has 3 nitrogen and oxygen atoms in total. The van der Waals surface area contributed by atoms with Crippen LogP contribution in [0.15, 0.2) is 18.2 Å². The third-order valence-corrected chi connectivity index (χ3v) is 4.11. The lowest BCUT2D eigenvalue weighted by Gasteiger charge is -2.36. The van der Waals surface area contributed by atoms with Gasteiger partial charge in [-0.25, -0.2) is 4.39 Å². The van der Waals surface area contributed by atoms with Gasteiger partial charge in [0.25, 0.3) is 0 Å². The topological polar surface area (TPSA) is 32.5 Å². The Kier molecular flexibility index (Phi) is 4.42. The zero-order chi connectivity index (χ0) is 14.0. The Balaban J connectivity index is 2.12. The lowest BCUT2D eigenvalue weighted by atomic mass is 10.0. The average molecular weight is 265 g/mol. The molecule has 1 aliphatic heterocycles. The third-order valence-electron chi connectivity index (χ3n) is 4.11. The molecule has 0 aliphatic carbocycles. The first-order valence-corrected chi connectivity index (χ1v) is 6.95. The molecule has 1 aliphatic rings. The first-order chi connectivity index (χ1) is 8.99. The Morgan fingerprint density at radius 2 is 2.00 bits per heavy atom. The molecule has 0 amide bonds. The van der Waals surface area contributed by atoms with Crippen LogP contribution in [0.5, 0.6) is 0 Å². The lowest BCUT2D eigenvalue weighted by molar-refractivity contribution is 0.252. The second-order valence-corrected chi connectivity index (χ2v) is 5.64. The van der Waals surface area contributed by atoms with Crippen LogP contribution in [-0.4, -0.2) is 38.1 Å². The number of hydrogen-bond acceptors (Lipinski definition) is 3. The lowest BCUT2D eigenvalue weighted by Crippen LogP contribution is -2.42. The van der Waals surface area contributed by atoms with E-state index in [0.717, 1.165) is 31.5 Å². The highest BCUT2D eigenvalue weighted by Crippen LogP contribution is 2.26. The van der Waals surface area contributed by atoms with Crippen LogP contribution >= 0.6 is 0 Å². The summed E-state index contributed by atoms with van der Waals surface area (Å²) in [5.74, 6) is -0.170. The molecule has 106 valence electrons. The number of rotatable bonds is 3. The van der Waals surface area contributed by atoms with Crippen molar-refractivity contribution < 1.29 is 4.39 Å². The molecule has 4 heteroatoms. The summed E-state index contributed by atoms with van der Waals surface area (Å²) in [6.45, 7) is 4.03. The smallest absolute Gasteiger partial charge is 0.146 e. The molecule has 0 saturated carbocycles. The Hall–Kier alpha value is -1.13. The molecular formula is C15H24FN3. The Labute approximate surface area is 115 Å². The summed E-state index contributed by atoms with van der Waals surface area (Å²) in [6.07, 6.45) is 2.17. The Morgan fingerprint density at radius 3 is 2.53 bits per heavy atom.